The van der Waals surface area contributed by atoms with Gasteiger partial charge in [-0.3, -0.25) is 0 Å². The number of likely N-dealkylation sites (N-methyl/N-ethyl adjacent to an activating group) is 1. The molecule has 20 heavy (non-hydrogen) atoms. The molecular weight excluding hydrogens is 316 g/mol. The number of fused-ring (bicyclic) bond motifs is 1. The predicted octanol–water partition coefficient (Wildman–Crippen LogP) is 2.98. The van der Waals surface area contributed by atoms with Crippen LogP contribution in [0.2, 0.25) is 0 Å². The summed E-state index contributed by atoms with van der Waals surface area (Å²) in [5.74, 6) is 1.06. The van der Waals surface area contributed by atoms with Crippen molar-refractivity contribution in [3.63, 3.8) is 0 Å². The van der Waals surface area contributed by atoms with Crippen molar-refractivity contribution in [3.8, 4) is 5.75 Å². The van der Waals surface area contributed by atoms with Gasteiger partial charge in [-0.25, -0.2) is 0 Å². The Morgan fingerprint density at radius 1 is 1.45 bits per heavy atom. The smallest absolute Gasteiger partial charge is 0.125 e. The maximum Gasteiger partial charge on any atom is 0.125 e. The molecular formula is C16H25BrN2O. The number of halogens is 1. The fourth-order valence-corrected chi connectivity index (χ4v) is 3.42. The highest BCUT2D eigenvalue weighted by molar-refractivity contribution is 9.10. The van der Waals surface area contributed by atoms with Gasteiger partial charge in [-0.05, 0) is 57.1 Å². The van der Waals surface area contributed by atoms with Crippen molar-refractivity contribution in [1.29, 1.82) is 0 Å². The molecule has 0 saturated carbocycles. The first-order valence-corrected chi connectivity index (χ1v) is 8.05. The van der Waals surface area contributed by atoms with Crippen molar-refractivity contribution in [2.75, 3.05) is 20.7 Å². The second kappa shape index (κ2) is 6.04. The summed E-state index contributed by atoms with van der Waals surface area (Å²) in [6, 6.07) is 4.38. The van der Waals surface area contributed by atoms with Crippen molar-refractivity contribution in [1.82, 2.24) is 4.90 Å². The number of hydrogen-bond donors (Lipinski definition) is 1. The summed E-state index contributed by atoms with van der Waals surface area (Å²) in [4.78, 5) is 2.23. The second-order valence-corrected chi connectivity index (χ2v) is 6.98. The molecule has 2 atom stereocenters. The first kappa shape index (κ1) is 15.8. The minimum Gasteiger partial charge on any atom is -0.493 e. The molecule has 1 aliphatic heterocycles. The Labute approximate surface area is 130 Å². The molecule has 0 spiro atoms. The summed E-state index contributed by atoms with van der Waals surface area (Å²) in [5, 5.41) is 0. The number of benzene rings is 1. The van der Waals surface area contributed by atoms with Gasteiger partial charge in [0.05, 0.1) is 6.61 Å². The molecule has 3 nitrogen and oxygen atoms in total. The lowest BCUT2D eigenvalue weighted by Gasteiger charge is -2.41. The van der Waals surface area contributed by atoms with E-state index < -0.39 is 0 Å². The highest BCUT2D eigenvalue weighted by atomic mass is 79.9. The molecule has 2 N–H and O–H groups in total. The van der Waals surface area contributed by atoms with Gasteiger partial charge < -0.3 is 15.4 Å². The quantitative estimate of drug-likeness (QED) is 0.895. The van der Waals surface area contributed by atoms with E-state index in [0.29, 0.717) is 0 Å². The fraction of sp³-hybridized carbons (Fsp3) is 0.625. The number of hydrogen-bond acceptors (Lipinski definition) is 3. The largest absolute Gasteiger partial charge is 0.493 e. The van der Waals surface area contributed by atoms with E-state index in [4.69, 9.17) is 10.5 Å². The van der Waals surface area contributed by atoms with Crippen LogP contribution in [0.3, 0.4) is 0 Å². The zero-order valence-corrected chi connectivity index (χ0v) is 14.5. The van der Waals surface area contributed by atoms with E-state index in [0.717, 1.165) is 36.1 Å². The Kier molecular flexibility index (Phi) is 4.77. The van der Waals surface area contributed by atoms with E-state index in [9.17, 15) is 0 Å². The van der Waals surface area contributed by atoms with Gasteiger partial charge in [0.1, 0.15) is 5.75 Å². The Bertz CT molecular complexity index is 490. The minimum atomic E-state index is -0.00615. The Hall–Kier alpha value is -0.580. The highest BCUT2D eigenvalue weighted by Gasteiger charge is 2.33. The number of rotatable bonds is 5. The van der Waals surface area contributed by atoms with Gasteiger partial charge in [0.15, 0.2) is 0 Å². The third kappa shape index (κ3) is 2.87. The third-order valence-electron chi connectivity index (χ3n) is 4.80. The molecule has 0 radical (unpaired) electrons. The zero-order chi connectivity index (χ0) is 14.9. The van der Waals surface area contributed by atoms with E-state index in [1.165, 1.54) is 11.1 Å². The van der Waals surface area contributed by atoms with Crippen LogP contribution in [0.4, 0.5) is 0 Å². The maximum absolute atomic E-state index is 6.53. The van der Waals surface area contributed by atoms with Crippen LogP contribution in [0.15, 0.2) is 16.6 Å². The molecule has 2 rings (SSSR count). The van der Waals surface area contributed by atoms with E-state index in [1.807, 2.05) is 0 Å². The molecule has 2 unspecified atom stereocenters. The molecule has 1 aliphatic rings. The average Bonchev–Trinajstić information content (AvgIpc) is 2.85. The summed E-state index contributed by atoms with van der Waals surface area (Å²) in [5.41, 5.74) is 9.04. The predicted molar refractivity (Wildman–Crippen MR) is 87.4 cm³/mol. The van der Waals surface area contributed by atoms with Crippen molar-refractivity contribution in [3.05, 3.63) is 27.7 Å². The third-order valence-corrected chi connectivity index (χ3v) is 5.26. The Morgan fingerprint density at radius 3 is 2.75 bits per heavy atom. The van der Waals surface area contributed by atoms with Crippen molar-refractivity contribution >= 4 is 15.9 Å². The summed E-state index contributed by atoms with van der Waals surface area (Å²) in [7, 11) is 4.20. The first-order valence-electron chi connectivity index (χ1n) is 7.25. The van der Waals surface area contributed by atoms with Crippen LogP contribution in [0.5, 0.6) is 5.75 Å². The summed E-state index contributed by atoms with van der Waals surface area (Å²) in [6.45, 7) is 5.21. The molecule has 112 valence electrons. The van der Waals surface area contributed by atoms with Crippen LogP contribution in [0.25, 0.3) is 0 Å². The maximum atomic E-state index is 6.53. The monoisotopic (exact) mass is 340 g/mol. The Balaban J connectivity index is 2.26. The van der Waals surface area contributed by atoms with Crippen molar-refractivity contribution in [2.24, 2.45) is 5.73 Å². The van der Waals surface area contributed by atoms with Crippen LogP contribution < -0.4 is 10.5 Å². The molecule has 1 heterocycles. The molecule has 0 fully saturated rings. The standard InChI is InChI=1S/C16H25BrN2O/c1-5-16(2,19(3)4)14(18)10-12-9-13(17)8-11-6-7-20-15(11)12/h8-9,14H,5-7,10,18H2,1-4H3. The van der Waals surface area contributed by atoms with Gasteiger partial charge in [0.2, 0.25) is 0 Å². The number of nitrogens with two attached hydrogens (primary N) is 1. The summed E-state index contributed by atoms with van der Waals surface area (Å²) >= 11 is 3.60. The number of ether oxygens (including phenoxy) is 1. The van der Waals surface area contributed by atoms with Gasteiger partial charge >= 0.3 is 0 Å². The fourth-order valence-electron chi connectivity index (χ4n) is 2.86. The van der Waals surface area contributed by atoms with E-state index in [-0.39, 0.29) is 11.6 Å². The minimum absolute atomic E-state index is 0.00615. The van der Waals surface area contributed by atoms with E-state index in [2.05, 4.69) is 60.9 Å². The van der Waals surface area contributed by atoms with Gasteiger partial charge in [-0.1, -0.05) is 22.9 Å². The van der Waals surface area contributed by atoms with Gasteiger partial charge in [0.25, 0.3) is 0 Å². The molecule has 1 aromatic rings. The van der Waals surface area contributed by atoms with E-state index in [1.54, 1.807) is 0 Å². The Morgan fingerprint density at radius 2 is 2.15 bits per heavy atom. The van der Waals surface area contributed by atoms with Crippen LogP contribution in [-0.2, 0) is 12.8 Å². The molecule has 0 aliphatic carbocycles. The second-order valence-electron chi connectivity index (χ2n) is 6.07. The highest BCUT2D eigenvalue weighted by Crippen LogP contribution is 2.35. The lowest BCUT2D eigenvalue weighted by atomic mass is 9.84. The van der Waals surface area contributed by atoms with Crippen LogP contribution >= 0.6 is 15.9 Å². The molecule has 0 aromatic heterocycles. The van der Waals surface area contributed by atoms with Crippen LogP contribution in [0.1, 0.15) is 31.4 Å². The SMILES string of the molecule is CCC(C)(C(N)Cc1cc(Br)cc2c1OCC2)N(C)C. The topological polar surface area (TPSA) is 38.5 Å². The molecule has 0 bridgehead atoms. The molecule has 4 heteroatoms. The average molecular weight is 341 g/mol. The van der Waals surface area contributed by atoms with Gasteiger partial charge in [-0.15, -0.1) is 0 Å². The molecule has 0 saturated heterocycles. The summed E-state index contributed by atoms with van der Waals surface area (Å²) < 4.78 is 6.92. The van der Waals surface area contributed by atoms with Crippen LogP contribution in [0, 0.1) is 0 Å². The zero-order valence-electron chi connectivity index (χ0n) is 12.9. The van der Waals surface area contributed by atoms with Gasteiger partial charge in [-0.2, -0.15) is 0 Å². The summed E-state index contributed by atoms with van der Waals surface area (Å²) in [6.07, 6.45) is 2.86. The lowest BCUT2D eigenvalue weighted by molar-refractivity contribution is 0.131. The lowest BCUT2D eigenvalue weighted by Crippen LogP contribution is -2.55. The van der Waals surface area contributed by atoms with Gasteiger partial charge in [0, 0.05) is 22.5 Å². The van der Waals surface area contributed by atoms with Crippen molar-refractivity contribution in [2.45, 2.75) is 44.7 Å². The number of nitrogens with zero attached hydrogens (tertiary/aromatic N) is 1. The molecule has 1 aromatic carbocycles. The van der Waals surface area contributed by atoms with E-state index >= 15 is 0 Å². The first-order chi connectivity index (χ1) is 9.38. The van der Waals surface area contributed by atoms with Crippen LogP contribution in [-0.4, -0.2) is 37.2 Å². The van der Waals surface area contributed by atoms with Crippen molar-refractivity contribution < 1.29 is 4.74 Å². The normalized spacial score (nSPS) is 18.6. The molecule has 0 amide bonds.